The van der Waals surface area contributed by atoms with Crippen LogP contribution in [-0.2, 0) is 14.3 Å². The van der Waals surface area contributed by atoms with Crippen molar-refractivity contribution in [2.75, 3.05) is 12.9 Å². The number of carbonyl (C=O) groups is 2. The summed E-state index contributed by atoms with van der Waals surface area (Å²) in [6.07, 6.45) is 0. The van der Waals surface area contributed by atoms with E-state index in [4.69, 9.17) is 0 Å². The molecule has 0 fully saturated rings. The Morgan fingerprint density at radius 3 is 2.00 bits per heavy atom. The molecule has 5 heteroatoms. The minimum absolute atomic E-state index is 0.0936. The Morgan fingerprint density at radius 2 is 1.76 bits per heavy atom. The molecule has 100 valence electrons. The molecule has 0 aromatic heterocycles. The van der Waals surface area contributed by atoms with Gasteiger partial charge in [0, 0.05) is 10.5 Å². The summed E-state index contributed by atoms with van der Waals surface area (Å²) in [5, 5.41) is 9.38. The van der Waals surface area contributed by atoms with Gasteiger partial charge in [0.25, 0.3) is 0 Å². The molecule has 0 rings (SSSR count). The molecule has 0 spiro atoms. The number of thioether (sulfide) groups is 1. The summed E-state index contributed by atoms with van der Waals surface area (Å²) in [6, 6.07) is 0. The Kier molecular flexibility index (Phi) is 5.52. The van der Waals surface area contributed by atoms with E-state index in [1.807, 2.05) is 20.8 Å². The lowest BCUT2D eigenvalue weighted by molar-refractivity contribution is -0.168. The zero-order valence-electron chi connectivity index (χ0n) is 11.4. The van der Waals surface area contributed by atoms with E-state index >= 15 is 0 Å². The Morgan fingerprint density at radius 1 is 1.29 bits per heavy atom. The molecule has 0 amide bonds. The van der Waals surface area contributed by atoms with E-state index in [0.717, 1.165) is 0 Å². The number of methoxy groups -OCH3 is 1. The molecule has 0 saturated heterocycles. The van der Waals surface area contributed by atoms with Crippen molar-refractivity contribution in [3.8, 4) is 0 Å². The van der Waals surface area contributed by atoms with Crippen molar-refractivity contribution in [2.45, 2.75) is 39.4 Å². The molecule has 1 N–H and O–H groups in total. The van der Waals surface area contributed by atoms with Gasteiger partial charge >= 0.3 is 11.9 Å². The summed E-state index contributed by atoms with van der Waals surface area (Å²) in [7, 11) is 1.23. The van der Waals surface area contributed by atoms with Crippen LogP contribution in [0.1, 0.15) is 34.6 Å². The van der Waals surface area contributed by atoms with Gasteiger partial charge in [-0.1, -0.05) is 34.6 Å². The number of rotatable bonds is 5. The lowest BCUT2D eigenvalue weighted by Gasteiger charge is -2.32. The average Bonchev–Trinajstić information content (AvgIpc) is 2.15. The van der Waals surface area contributed by atoms with Gasteiger partial charge in [-0.15, -0.1) is 0 Å². The highest BCUT2D eigenvalue weighted by Gasteiger charge is 2.50. The fourth-order valence-corrected chi connectivity index (χ4v) is 2.61. The Labute approximate surface area is 107 Å². The van der Waals surface area contributed by atoms with E-state index in [-0.39, 0.29) is 16.4 Å². The SMILES string of the molecule is COC(=O)[C@](CSC(C)(C)C)(C(=O)O)C(C)C. The maximum atomic E-state index is 11.8. The van der Waals surface area contributed by atoms with Gasteiger partial charge in [-0.25, -0.2) is 0 Å². The lowest BCUT2D eigenvalue weighted by Crippen LogP contribution is -2.47. The number of aliphatic carboxylic acids is 1. The quantitative estimate of drug-likeness (QED) is 0.609. The van der Waals surface area contributed by atoms with Crippen LogP contribution in [0.2, 0.25) is 0 Å². The molecule has 0 radical (unpaired) electrons. The van der Waals surface area contributed by atoms with Crippen LogP contribution in [0.5, 0.6) is 0 Å². The smallest absolute Gasteiger partial charge is 0.324 e. The molecule has 0 aliphatic rings. The van der Waals surface area contributed by atoms with Gasteiger partial charge in [0.2, 0.25) is 0 Å². The fraction of sp³-hybridized carbons (Fsp3) is 0.833. The van der Waals surface area contributed by atoms with Crippen LogP contribution in [0.15, 0.2) is 0 Å². The fourth-order valence-electron chi connectivity index (χ4n) is 1.37. The van der Waals surface area contributed by atoms with Gasteiger partial charge in [-0.3, -0.25) is 9.59 Å². The largest absolute Gasteiger partial charge is 0.480 e. The number of carboxylic acid groups (broad SMARTS) is 1. The molecule has 0 saturated carbocycles. The van der Waals surface area contributed by atoms with E-state index in [1.165, 1.54) is 18.9 Å². The predicted octanol–water partition coefficient (Wildman–Crippen LogP) is 2.42. The first-order valence-corrected chi connectivity index (χ1v) is 6.52. The molecule has 0 bridgehead atoms. The van der Waals surface area contributed by atoms with Crippen LogP contribution < -0.4 is 0 Å². The molecule has 1 atom stereocenters. The molecule has 0 aliphatic heterocycles. The average molecular weight is 262 g/mol. The third kappa shape index (κ3) is 3.91. The van der Waals surface area contributed by atoms with Crippen LogP contribution in [-0.4, -0.2) is 34.7 Å². The van der Waals surface area contributed by atoms with Gasteiger partial charge in [-0.2, -0.15) is 11.8 Å². The molecule has 0 unspecified atom stereocenters. The first kappa shape index (κ1) is 16.3. The Balaban J connectivity index is 5.21. The number of hydrogen-bond acceptors (Lipinski definition) is 4. The summed E-state index contributed by atoms with van der Waals surface area (Å²) in [6.45, 7) is 9.42. The maximum absolute atomic E-state index is 11.8. The second-order valence-corrected chi connectivity index (χ2v) is 7.13. The molecule has 0 aromatic carbocycles. The van der Waals surface area contributed by atoms with Crippen molar-refractivity contribution in [3.63, 3.8) is 0 Å². The van der Waals surface area contributed by atoms with Crippen LogP contribution >= 0.6 is 11.8 Å². The highest BCUT2D eigenvalue weighted by molar-refractivity contribution is 8.00. The summed E-state index contributed by atoms with van der Waals surface area (Å²) < 4.78 is 4.58. The Bertz CT molecular complexity index is 293. The number of ether oxygens (including phenoxy) is 1. The van der Waals surface area contributed by atoms with Gasteiger partial charge < -0.3 is 9.84 Å². The Hall–Kier alpha value is -0.710. The van der Waals surface area contributed by atoms with Crippen molar-refractivity contribution in [3.05, 3.63) is 0 Å². The third-order valence-corrected chi connectivity index (χ3v) is 4.12. The van der Waals surface area contributed by atoms with Gasteiger partial charge in [0.1, 0.15) is 0 Å². The van der Waals surface area contributed by atoms with Crippen molar-refractivity contribution in [2.24, 2.45) is 11.3 Å². The number of carbonyl (C=O) groups excluding carboxylic acids is 1. The number of carboxylic acids is 1. The van der Waals surface area contributed by atoms with Gasteiger partial charge in [0.05, 0.1) is 7.11 Å². The summed E-state index contributed by atoms with van der Waals surface area (Å²) in [5.74, 6) is -1.88. The third-order valence-electron chi connectivity index (χ3n) is 2.65. The maximum Gasteiger partial charge on any atom is 0.324 e. The molecule has 0 aromatic rings. The van der Waals surface area contributed by atoms with E-state index < -0.39 is 17.4 Å². The zero-order chi connectivity index (χ0) is 13.9. The molecule has 0 aliphatic carbocycles. The van der Waals surface area contributed by atoms with E-state index in [2.05, 4.69) is 4.74 Å². The van der Waals surface area contributed by atoms with E-state index in [9.17, 15) is 14.7 Å². The normalized spacial score (nSPS) is 15.5. The summed E-state index contributed by atoms with van der Waals surface area (Å²) >= 11 is 1.46. The zero-order valence-corrected chi connectivity index (χ0v) is 12.2. The highest BCUT2D eigenvalue weighted by Crippen LogP contribution is 2.37. The second kappa shape index (κ2) is 5.76. The van der Waals surface area contributed by atoms with Crippen molar-refractivity contribution in [1.29, 1.82) is 0 Å². The van der Waals surface area contributed by atoms with Crippen molar-refractivity contribution < 1.29 is 19.4 Å². The van der Waals surface area contributed by atoms with Gasteiger partial charge in [-0.05, 0) is 5.92 Å². The number of esters is 1. The van der Waals surface area contributed by atoms with Crippen molar-refractivity contribution >= 4 is 23.7 Å². The van der Waals surface area contributed by atoms with Gasteiger partial charge in [0.15, 0.2) is 5.41 Å². The number of hydrogen-bond donors (Lipinski definition) is 1. The van der Waals surface area contributed by atoms with Crippen LogP contribution in [0.25, 0.3) is 0 Å². The highest BCUT2D eigenvalue weighted by atomic mass is 32.2. The second-order valence-electron chi connectivity index (χ2n) is 5.32. The van der Waals surface area contributed by atoms with Crippen LogP contribution in [0.4, 0.5) is 0 Å². The van der Waals surface area contributed by atoms with E-state index in [0.29, 0.717) is 0 Å². The van der Waals surface area contributed by atoms with Crippen LogP contribution in [0, 0.1) is 11.3 Å². The van der Waals surface area contributed by atoms with Crippen LogP contribution in [0.3, 0.4) is 0 Å². The standard InChI is InChI=1S/C12H22O4S/c1-8(2)12(9(13)14,10(15)16-6)7-17-11(3,4)5/h8H,7H2,1-6H3,(H,13,14)/t12-/m0/s1. The van der Waals surface area contributed by atoms with Crippen molar-refractivity contribution in [1.82, 2.24) is 0 Å². The lowest BCUT2D eigenvalue weighted by atomic mass is 9.79. The molecule has 4 nitrogen and oxygen atoms in total. The topological polar surface area (TPSA) is 63.6 Å². The molecular formula is C12H22O4S. The predicted molar refractivity (Wildman–Crippen MR) is 69.1 cm³/mol. The first-order chi connectivity index (χ1) is 7.58. The summed E-state index contributed by atoms with van der Waals surface area (Å²) in [4.78, 5) is 23.3. The first-order valence-electron chi connectivity index (χ1n) is 5.53. The van der Waals surface area contributed by atoms with E-state index in [1.54, 1.807) is 13.8 Å². The minimum atomic E-state index is -1.47. The molecule has 17 heavy (non-hydrogen) atoms. The molecule has 0 heterocycles. The molecular weight excluding hydrogens is 240 g/mol. The monoisotopic (exact) mass is 262 g/mol. The minimum Gasteiger partial charge on any atom is -0.480 e. The summed E-state index contributed by atoms with van der Waals surface area (Å²) in [5.41, 5.74) is -1.47.